The molecule has 1 aliphatic heterocycles. The first-order valence-electron chi connectivity index (χ1n) is 8.52. The molecule has 0 aromatic carbocycles. The van der Waals surface area contributed by atoms with Crippen LogP contribution in [0.2, 0.25) is 0 Å². The second-order valence-electron chi connectivity index (χ2n) is 6.75. The number of piperidine rings is 1. The number of nitrogens with two attached hydrogens (primary N) is 1. The van der Waals surface area contributed by atoms with Crippen LogP contribution < -0.4 is 11.1 Å². The number of hydrogen-bond donors (Lipinski definition) is 3. The quantitative estimate of drug-likeness (QED) is 0.747. The molecule has 1 fully saturated rings. The molecule has 7 nitrogen and oxygen atoms in total. The normalized spacial score (nSPS) is 19.1. The lowest BCUT2D eigenvalue weighted by Crippen LogP contribution is -2.46. The van der Waals surface area contributed by atoms with Crippen molar-refractivity contribution in [2.24, 2.45) is 5.73 Å². The summed E-state index contributed by atoms with van der Waals surface area (Å²) in [5.41, 5.74) is 8.08. The number of carbonyl (C=O) groups excluding carboxylic acids is 3. The number of amides is 2. The van der Waals surface area contributed by atoms with E-state index in [1.165, 1.54) is 0 Å². The van der Waals surface area contributed by atoms with Crippen LogP contribution in [0.25, 0.3) is 0 Å². The zero-order valence-corrected chi connectivity index (χ0v) is 14.0. The van der Waals surface area contributed by atoms with E-state index in [4.69, 9.17) is 5.73 Å². The Hall–Kier alpha value is -2.15. The Morgan fingerprint density at radius 2 is 2.00 bits per heavy atom. The lowest BCUT2D eigenvalue weighted by atomic mass is 9.93. The molecule has 4 N–H and O–H groups in total. The molecule has 0 saturated carbocycles. The van der Waals surface area contributed by atoms with E-state index in [1.54, 1.807) is 0 Å². The summed E-state index contributed by atoms with van der Waals surface area (Å²) in [5, 5.41) is 3.05. The number of rotatable bonds is 4. The van der Waals surface area contributed by atoms with Crippen molar-refractivity contribution in [2.45, 2.75) is 45.1 Å². The van der Waals surface area contributed by atoms with E-state index < -0.39 is 0 Å². The van der Waals surface area contributed by atoms with Gasteiger partial charge in [0.25, 0.3) is 5.91 Å². The molecule has 1 aromatic rings. The van der Waals surface area contributed by atoms with Crippen LogP contribution in [0.3, 0.4) is 0 Å². The smallest absolute Gasteiger partial charge is 0.268 e. The lowest BCUT2D eigenvalue weighted by molar-refractivity contribution is -0.119. The maximum Gasteiger partial charge on any atom is 0.268 e. The van der Waals surface area contributed by atoms with Crippen molar-refractivity contribution in [1.82, 2.24) is 15.2 Å². The van der Waals surface area contributed by atoms with Crippen molar-refractivity contribution >= 4 is 17.6 Å². The zero-order valence-electron chi connectivity index (χ0n) is 14.0. The largest absolute Gasteiger partial charge is 0.369 e. The van der Waals surface area contributed by atoms with Gasteiger partial charge in [-0.05, 0) is 38.2 Å². The van der Waals surface area contributed by atoms with Gasteiger partial charge in [0, 0.05) is 36.8 Å². The Bertz CT molecular complexity index is 672. The molecule has 2 aliphatic rings. The van der Waals surface area contributed by atoms with Crippen LogP contribution >= 0.6 is 0 Å². The van der Waals surface area contributed by atoms with E-state index in [0.717, 1.165) is 50.0 Å². The molecule has 1 aromatic heterocycles. The number of fused-ring (bicyclic) bond motifs is 1. The lowest BCUT2D eigenvalue weighted by Gasteiger charge is -2.31. The second kappa shape index (κ2) is 6.76. The number of carbonyl (C=O) groups is 3. The van der Waals surface area contributed by atoms with E-state index in [-0.39, 0.29) is 30.2 Å². The number of H-pyrrole nitrogens is 1. The van der Waals surface area contributed by atoms with Gasteiger partial charge in [0.15, 0.2) is 5.78 Å². The Balaban J connectivity index is 1.62. The van der Waals surface area contributed by atoms with Crippen molar-refractivity contribution in [2.75, 3.05) is 19.6 Å². The Morgan fingerprint density at radius 1 is 1.29 bits per heavy atom. The highest BCUT2D eigenvalue weighted by molar-refractivity contribution is 6.04. The fourth-order valence-corrected chi connectivity index (χ4v) is 3.71. The summed E-state index contributed by atoms with van der Waals surface area (Å²) in [6.07, 6.45) is 3.80. The third kappa shape index (κ3) is 3.36. The molecule has 0 radical (unpaired) electrons. The van der Waals surface area contributed by atoms with Gasteiger partial charge in [-0.1, -0.05) is 0 Å². The number of likely N-dealkylation sites (tertiary alicyclic amines) is 1. The topological polar surface area (TPSA) is 108 Å². The number of nitrogens with one attached hydrogen (secondary N) is 2. The third-order valence-electron chi connectivity index (χ3n) is 4.97. The van der Waals surface area contributed by atoms with Crippen LogP contribution in [-0.2, 0) is 11.2 Å². The Morgan fingerprint density at radius 3 is 2.62 bits per heavy atom. The van der Waals surface area contributed by atoms with Gasteiger partial charge < -0.3 is 16.0 Å². The molecule has 3 rings (SSSR count). The first-order chi connectivity index (χ1) is 11.5. The minimum atomic E-state index is -0.324. The van der Waals surface area contributed by atoms with Gasteiger partial charge in [-0.2, -0.15) is 0 Å². The molecule has 1 saturated heterocycles. The van der Waals surface area contributed by atoms with E-state index in [1.807, 2.05) is 11.8 Å². The number of aromatic nitrogens is 1. The first kappa shape index (κ1) is 16.7. The highest BCUT2D eigenvalue weighted by Crippen LogP contribution is 2.26. The average molecular weight is 332 g/mol. The number of primary amides is 1. The molecular formula is C17H24N4O3. The molecule has 1 aliphatic carbocycles. The molecule has 0 spiro atoms. The zero-order chi connectivity index (χ0) is 17.3. The number of aromatic amines is 1. The fraction of sp³-hybridized carbons (Fsp3) is 0.588. The fourth-order valence-electron chi connectivity index (χ4n) is 3.71. The van der Waals surface area contributed by atoms with Crippen LogP contribution in [0.5, 0.6) is 0 Å². The highest BCUT2D eigenvalue weighted by Gasteiger charge is 2.28. The summed E-state index contributed by atoms with van der Waals surface area (Å²) in [5.74, 6) is -0.346. The van der Waals surface area contributed by atoms with Crippen molar-refractivity contribution in [3.63, 3.8) is 0 Å². The molecule has 2 heterocycles. The van der Waals surface area contributed by atoms with Crippen molar-refractivity contribution in [3.8, 4) is 0 Å². The summed E-state index contributed by atoms with van der Waals surface area (Å²) >= 11 is 0. The van der Waals surface area contributed by atoms with Gasteiger partial charge in [-0.25, -0.2) is 0 Å². The van der Waals surface area contributed by atoms with Gasteiger partial charge >= 0.3 is 0 Å². The standard InChI is InChI=1S/C17H24N4O3/c1-10-15-12(3-2-4-13(15)22)20-16(10)17(24)19-11-5-7-21(8-6-11)9-14(18)23/h11,20H,2-9H2,1H3,(H2,18,23)(H,19,24). The SMILES string of the molecule is Cc1c(C(=O)NC2CCN(CC(N)=O)CC2)[nH]c2c1C(=O)CCC2. The monoisotopic (exact) mass is 332 g/mol. The summed E-state index contributed by atoms with van der Waals surface area (Å²) in [4.78, 5) is 40.7. The van der Waals surface area contributed by atoms with Crippen LogP contribution in [-0.4, -0.2) is 53.2 Å². The Labute approximate surface area is 141 Å². The van der Waals surface area contributed by atoms with Crippen LogP contribution in [0.15, 0.2) is 0 Å². The molecule has 7 heteroatoms. The predicted molar refractivity (Wildman–Crippen MR) is 88.9 cm³/mol. The number of Topliss-reactive ketones (excluding diaryl/α,β-unsaturated/α-hetero) is 1. The number of aryl methyl sites for hydroxylation is 1. The molecule has 0 atom stereocenters. The second-order valence-corrected chi connectivity index (χ2v) is 6.75. The first-order valence-corrected chi connectivity index (χ1v) is 8.52. The van der Waals surface area contributed by atoms with Crippen LogP contribution in [0.1, 0.15) is 57.8 Å². The summed E-state index contributed by atoms with van der Waals surface area (Å²) < 4.78 is 0. The summed E-state index contributed by atoms with van der Waals surface area (Å²) in [7, 11) is 0. The van der Waals surface area contributed by atoms with Gasteiger partial charge in [0.05, 0.1) is 6.54 Å². The van der Waals surface area contributed by atoms with E-state index in [9.17, 15) is 14.4 Å². The molecule has 0 bridgehead atoms. The molecule has 2 amide bonds. The summed E-state index contributed by atoms with van der Waals surface area (Å²) in [6, 6.07) is 0.0806. The van der Waals surface area contributed by atoms with Gasteiger partial charge in [-0.3, -0.25) is 19.3 Å². The third-order valence-corrected chi connectivity index (χ3v) is 4.97. The van der Waals surface area contributed by atoms with Crippen LogP contribution in [0, 0.1) is 6.92 Å². The number of ketones is 1. The minimum Gasteiger partial charge on any atom is -0.369 e. The molecule has 0 unspecified atom stereocenters. The van der Waals surface area contributed by atoms with E-state index in [0.29, 0.717) is 17.7 Å². The van der Waals surface area contributed by atoms with Crippen LogP contribution in [0.4, 0.5) is 0 Å². The number of hydrogen-bond acceptors (Lipinski definition) is 4. The van der Waals surface area contributed by atoms with Crippen molar-refractivity contribution in [1.29, 1.82) is 0 Å². The number of nitrogens with zero attached hydrogens (tertiary/aromatic N) is 1. The van der Waals surface area contributed by atoms with E-state index in [2.05, 4.69) is 10.3 Å². The maximum absolute atomic E-state index is 12.6. The maximum atomic E-state index is 12.6. The van der Waals surface area contributed by atoms with Gasteiger partial charge in [0.1, 0.15) is 5.69 Å². The van der Waals surface area contributed by atoms with E-state index >= 15 is 0 Å². The van der Waals surface area contributed by atoms with Gasteiger partial charge in [-0.15, -0.1) is 0 Å². The van der Waals surface area contributed by atoms with Crippen molar-refractivity contribution < 1.29 is 14.4 Å². The predicted octanol–water partition coefficient (Wildman–Crippen LogP) is 0.522. The highest BCUT2D eigenvalue weighted by atomic mass is 16.2. The van der Waals surface area contributed by atoms with Crippen molar-refractivity contribution in [3.05, 3.63) is 22.5 Å². The molecule has 24 heavy (non-hydrogen) atoms. The van der Waals surface area contributed by atoms with Gasteiger partial charge in [0.2, 0.25) is 5.91 Å². The minimum absolute atomic E-state index is 0.0806. The summed E-state index contributed by atoms with van der Waals surface area (Å²) in [6.45, 7) is 3.59. The molecular weight excluding hydrogens is 308 g/mol. The average Bonchev–Trinajstić information content (AvgIpc) is 2.87. The Kier molecular flexibility index (Phi) is 4.71. The molecule has 130 valence electrons.